The predicted molar refractivity (Wildman–Crippen MR) is 114 cm³/mol. The van der Waals surface area contributed by atoms with Crippen LogP contribution in [0.4, 0.5) is 8.78 Å². The van der Waals surface area contributed by atoms with E-state index in [1.807, 2.05) is 6.07 Å². The first kappa shape index (κ1) is 22.0. The van der Waals surface area contributed by atoms with Gasteiger partial charge in [0.1, 0.15) is 11.5 Å². The van der Waals surface area contributed by atoms with Crippen LogP contribution < -0.4 is 9.47 Å². The summed E-state index contributed by atoms with van der Waals surface area (Å²) in [5, 5.41) is -0.793. The van der Waals surface area contributed by atoms with E-state index in [-0.39, 0.29) is 36.4 Å². The molecule has 0 radical (unpaired) electrons. The number of benzene rings is 2. The van der Waals surface area contributed by atoms with Crippen LogP contribution in [0.2, 0.25) is 0 Å². The lowest BCUT2D eigenvalue weighted by molar-refractivity contribution is 0.0471. The lowest BCUT2D eigenvalue weighted by Gasteiger charge is -2.37. The maximum absolute atomic E-state index is 15.7. The molecule has 8 heteroatoms. The number of rotatable bonds is 6. The lowest BCUT2D eigenvalue weighted by atomic mass is 9.87. The third kappa shape index (κ3) is 4.41. The Kier molecular flexibility index (Phi) is 5.96. The summed E-state index contributed by atoms with van der Waals surface area (Å²) in [7, 11) is -0.684. The topological polar surface area (TPSA) is 55.8 Å². The second-order valence-corrected chi connectivity index (χ2v) is 10.6. The normalized spacial score (nSPS) is 22.1. The minimum absolute atomic E-state index is 0.0253. The summed E-state index contributed by atoms with van der Waals surface area (Å²) in [4.78, 5) is 2.29. The third-order valence-corrected chi connectivity index (χ3v) is 8.60. The van der Waals surface area contributed by atoms with E-state index in [2.05, 4.69) is 4.90 Å². The summed E-state index contributed by atoms with van der Waals surface area (Å²) in [6, 6.07) is 9.57. The fourth-order valence-corrected chi connectivity index (χ4v) is 6.72. The molecular formula is C23H27F2NO4S. The first-order valence-electron chi connectivity index (χ1n) is 10.4. The molecule has 5 nitrogen and oxygen atoms in total. The molecule has 168 valence electrons. The highest BCUT2D eigenvalue weighted by Crippen LogP contribution is 2.43. The van der Waals surface area contributed by atoms with Crippen LogP contribution in [-0.2, 0) is 22.8 Å². The van der Waals surface area contributed by atoms with Crippen LogP contribution in [0.15, 0.2) is 41.3 Å². The second-order valence-electron chi connectivity index (χ2n) is 8.45. The van der Waals surface area contributed by atoms with E-state index < -0.39 is 20.8 Å². The van der Waals surface area contributed by atoms with E-state index in [0.717, 1.165) is 5.56 Å². The maximum atomic E-state index is 15.7. The minimum atomic E-state index is -3.64. The van der Waals surface area contributed by atoms with Gasteiger partial charge in [-0.05, 0) is 55.0 Å². The molecule has 2 aliphatic heterocycles. The molecule has 0 spiro atoms. The first-order valence-corrected chi connectivity index (χ1v) is 11.9. The number of piperidine rings is 1. The molecule has 1 fully saturated rings. The van der Waals surface area contributed by atoms with Gasteiger partial charge in [0.25, 0.3) is 0 Å². The molecule has 31 heavy (non-hydrogen) atoms. The van der Waals surface area contributed by atoms with E-state index in [1.54, 1.807) is 12.1 Å². The van der Waals surface area contributed by atoms with Crippen molar-refractivity contribution in [1.82, 2.24) is 4.90 Å². The molecule has 0 aliphatic carbocycles. The van der Waals surface area contributed by atoms with Gasteiger partial charge in [0, 0.05) is 25.7 Å². The Balaban J connectivity index is 1.43. The average molecular weight is 452 g/mol. The number of halogens is 2. The van der Waals surface area contributed by atoms with Crippen molar-refractivity contribution in [1.29, 1.82) is 0 Å². The van der Waals surface area contributed by atoms with Crippen LogP contribution in [0.3, 0.4) is 0 Å². The van der Waals surface area contributed by atoms with Crippen LogP contribution in [-0.4, -0.2) is 51.5 Å². The molecule has 0 bridgehead atoms. The zero-order chi connectivity index (χ0) is 22.2. The number of nitrogens with zero attached hydrogens (tertiary/aromatic N) is 1. The monoisotopic (exact) mass is 451 g/mol. The molecule has 2 aliphatic rings. The van der Waals surface area contributed by atoms with Gasteiger partial charge in [-0.2, -0.15) is 0 Å². The quantitative estimate of drug-likeness (QED) is 0.666. The number of ether oxygens (including phenoxy) is 2. The SMILES string of the molecule is COc1cc2c(cc1OC)S(=O)(=O)C(CC1(F)CCN(Cc3cccc(F)c3)CC1)C2. The molecular weight excluding hydrogens is 424 g/mol. The zero-order valence-corrected chi connectivity index (χ0v) is 18.6. The lowest BCUT2D eigenvalue weighted by Crippen LogP contribution is -2.43. The van der Waals surface area contributed by atoms with Gasteiger partial charge in [0.15, 0.2) is 21.3 Å². The van der Waals surface area contributed by atoms with Crippen LogP contribution in [0, 0.1) is 5.82 Å². The highest BCUT2D eigenvalue weighted by molar-refractivity contribution is 7.92. The van der Waals surface area contributed by atoms with E-state index in [9.17, 15) is 12.8 Å². The first-order chi connectivity index (χ1) is 14.7. The molecule has 0 saturated carbocycles. The van der Waals surface area contributed by atoms with E-state index >= 15 is 4.39 Å². The van der Waals surface area contributed by atoms with Crippen molar-refractivity contribution in [3.05, 3.63) is 53.3 Å². The van der Waals surface area contributed by atoms with Crippen LogP contribution in [0.1, 0.15) is 30.4 Å². The zero-order valence-electron chi connectivity index (χ0n) is 17.7. The molecule has 1 saturated heterocycles. The molecule has 2 heterocycles. The van der Waals surface area contributed by atoms with Gasteiger partial charge < -0.3 is 9.47 Å². The Hall–Kier alpha value is -2.19. The van der Waals surface area contributed by atoms with Gasteiger partial charge in [-0.1, -0.05) is 12.1 Å². The standard InChI is InChI=1S/C23H27F2NO4S/c1-29-20-12-17-11-19(31(27,28)22(17)13-21(20)30-2)14-23(25)6-8-26(9-7-23)15-16-4-3-5-18(24)10-16/h3-5,10,12-13,19H,6-9,11,14-15H2,1-2H3. The van der Waals surface area contributed by atoms with Crippen molar-refractivity contribution in [3.8, 4) is 11.5 Å². The maximum Gasteiger partial charge on any atom is 0.182 e. The van der Waals surface area contributed by atoms with Crippen molar-refractivity contribution in [2.24, 2.45) is 0 Å². The fraction of sp³-hybridized carbons (Fsp3) is 0.478. The summed E-state index contributed by atoms with van der Waals surface area (Å²) >= 11 is 0. The van der Waals surface area contributed by atoms with Crippen LogP contribution in [0.25, 0.3) is 0 Å². The number of hydrogen-bond acceptors (Lipinski definition) is 5. The predicted octanol–water partition coefficient (Wildman–Crippen LogP) is 3.94. The summed E-state index contributed by atoms with van der Waals surface area (Å²) in [6.45, 7) is 1.57. The second kappa shape index (κ2) is 8.39. The summed E-state index contributed by atoms with van der Waals surface area (Å²) < 4.78 is 65.8. The highest BCUT2D eigenvalue weighted by Gasteiger charge is 2.45. The molecule has 1 unspecified atom stereocenters. The van der Waals surface area contributed by atoms with Gasteiger partial charge >= 0.3 is 0 Å². The van der Waals surface area contributed by atoms with Gasteiger partial charge in [0.2, 0.25) is 0 Å². The molecule has 0 amide bonds. The Bertz CT molecular complexity index is 1070. The minimum Gasteiger partial charge on any atom is -0.493 e. The Morgan fingerprint density at radius 3 is 2.42 bits per heavy atom. The van der Waals surface area contributed by atoms with E-state index in [0.29, 0.717) is 36.7 Å². The number of hydrogen-bond donors (Lipinski definition) is 0. The van der Waals surface area contributed by atoms with Gasteiger partial charge in [0.05, 0.1) is 24.4 Å². The van der Waals surface area contributed by atoms with Crippen LogP contribution in [0.5, 0.6) is 11.5 Å². The van der Waals surface area contributed by atoms with Crippen molar-refractivity contribution < 1.29 is 26.7 Å². The van der Waals surface area contributed by atoms with Crippen molar-refractivity contribution >= 4 is 9.84 Å². The number of fused-ring (bicyclic) bond motifs is 1. The Labute approximate surface area is 181 Å². The van der Waals surface area contributed by atoms with Crippen molar-refractivity contribution in [2.45, 2.75) is 48.0 Å². The van der Waals surface area contributed by atoms with Gasteiger partial charge in [-0.25, -0.2) is 17.2 Å². The van der Waals surface area contributed by atoms with Crippen molar-refractivity contribution in [2.75, 3.05) is 27.3 Å². The van der Waals surface area contributed by atoms with Crippen molar-refractivity contribution in [3.63, 3.8) is 0 Å². The summed E-state index contributed by atoms with van der Waals surface area (Å²) in [6.07, 6.45) is 0.772. The average Bonchev–Trinajstić information content (AvgIpc) is 2.97. The van der Waals surface area contributed by atoms with Gasteiger partial charge in [-0.15, -0.1) is 0 Å². The molecule has 0 N–H and O–H groups in total. The molecule has 2 aromatic rings. The highest BCUT2D eigenvalue weighted by atomic mass is 32.2. The van der Waals surface area contributed by atoms with Gasteiger partial charge in [-0.3, -0.25) is 4.90 Å². The molecule has 0 aromatic heterocycles. The molecule has 1 atom stereocenters. The number of methoxy groups -OCH3 is 2. The summed E-state index contributed by atoms with van der Waals surface area (Å²) in [5.74, 6) is 0.539. The smallest absolute Gasteiger partial charge is 0.182 e. The van der Waals surface area contributed by atoms with E-state index in [4.69, 9.17) is 9.47 Å². The number of sulfone groups is 1. The summed E-state index contributed by atoms with van der Waals surface area (Å²) in [5.41, 5.74) is -0.0373. The fourth-order valence-electron chi connectivity index (χ4n) is 4.66. The number of alkyl halides is 1. The Morgan fingerprint density at radius 2 is 1.77 bits per heavy atom. The largest absolute Gasteiger partial charge is 0.493 e. The van der Waals surface area contributed by atoms with Crippen LogP contribution >= 0.6 is 0 Å². The Morgan fingerprint density at radius 1 is 1.10 bits per heavy atom. The van der Waals surface area contributed by atoms with E-state index in [1.165, 1.54) is 32.4 Å². The third-order valence-electron chi connectivity index (χ3n) is 6.40. The molecule has 2 aromatic carbocycles. The number of likely N-dealkylation sites (tertiary alicyclic amines) is 1. The molecule has 4 rings (SSSR count).